The Labute approximate surface area is 201 Å². The summed E-state index contributed by atoms with van der Waals surface area (Å²) in [6.07, 6.45) is 0.0551. The van der Waals surface area contributed by atoms with E-state index in [0.717, 1.165) is 12.1 Å². The Bertz CT molecular complexity index is 1320. The van der Waals surface area contributed by atoms with E-state index < -0.39 is 17.6 Å². The van der Waals surface area contributed by atoms with Crippen molar-refractivity contribution in [3.63, 3.8) is 0 Å². The molecule has 2 aromatic heterocycles. The lowest BCUT2D eigenvalue weighted by atomic mass is 10.1. The number of aromatic nitrogens is 4. The van der Waals surface area contributed by atoms with Crippen LogP contribution in [-0.2, 0) is 19.5 Å². The molecule has 176 valence electrons. The maximum Gasteiger partial charge on any atom is 0.416 e. The first-order chi connectivity index (χ1) is 16.2. The van der Waals surface area contributed by atoms with Gasteiger partial charge in [-0.2, -0.15) is 23.4 Å². The summed E-state index contributed by atoms with van der Waals surface area (Å²) < 4.78 is 47.1. The zero-order valence-electron chi connectivity index (χ0n) is 17.3. The van der Waals surface area contributed by atoms with Crippen molar-refractivity contribution in [3.05, 3.63) is 94.0 Å². The number of amides is 1. The number of hydrogen-bond donors (Lipinski definition) is 1. The normalized spacial score (nSPS) is 11.4. The minimum absolute atomic E-state index is 0.0174. The van der Waals surface area contributed by atoms with Gasteiger partial charge < -0.3 is 10.1 Å². The molecule has 0 bridgehead atoms. The highest BCUT2D eigenvalue weighted by Crippen LogP contribution is 2.30. The summed E-state index contributed by atoms with van der Waals surface area (Å²) in [6.45, 7) is 0.128. The Balaban J connectivity index is 1.35. The van der Waals surface area contributed by atoms with Gasteiger partial charge in [-0.1, -0.05) is 35.3 Å². The minimum Gasteiger partial charge on any atom is -0.470 e. The minimum atomic E-state index is -4.42. The molecular formula is C22H16Cl2F3N5O2. The van der Waals surface area contributed by atoms with Crippen LogP contribution >= 0.6 is 23.2 Å². The lowest BCUT2D eigenvalue weighted by Crippen LogP contribution is -2.14. The van der Waals surface area contributed by atoms with Crippen LogP contribution in [-0.4, -0.2) is 25.5 Å². The van der Waals surface area contributed by atoms with Crippen LogP contribution in [0.3, 0.4) is 0 Å². The maximum atomic E-state index is 12.9. The molecule has 7 nitrogen and oxygen atoms in total. The Morgan fingerprint density at radius 1 is 1.09 bits per heavy atom. The van der Waals surface area contributed by atoms with E-state index in [1.54, 1.807) is 30.5 Å². The molecule has 0 atom stereocenters. The van der Waals surface area contributed by atoms with Crippen molar-refractivity contribution in [2.75, 3.05) is 5.32 Å². The van der Waals surface area contributed by atoms with Crippen molar-refractivity contribution in [3.8, 4) is 5.75 Å². The molecule has 0 saturated heterocycles. The number of carbonyl (C=O) groups excluding carboxylic acids is 1. The molecule has 1 amide bonds. The number of nitrogens with zero attached hydrogens (tertiary/aromatic N) is 4. The quantitative estimate of drug-likeness (QED) is 0.344. The average Bonchev–Trinajstić information content (AvgIpc) is 3.42. The van der Waals surface area contributed by atoms with Crippen LogP contribution in [0.5, 0.6) is 5.75 Å². The van der Waals surface area contributed by atoms with E-state index in [1.807, 2.05) is 0 Å². The summed E-state index contributed by atoms with van der Waals surface area (Å²) in [5, 5.41) is 11.7. The molecule has 0 spiro atoms. The van der Waals surface area contributed by atoms with Gasteiger partial charge >= 0.3 is 6.18 Å². The summed E-state index contributed by atoms with van der Waals surface area (Å²) in [7, 11) is 0. The SMILES string of the molecule is O=C(Nc1cnn(Cc2cccc(C(F)(F)F)c2)c1)c1ccn(COc2ccc(Cl)cc2Cl)n1. The second-order valence-corrected chi connectivity index (χ2v) is 8.01. The van der Waals surface area contributed by atoms with Gasteiger partial charge in [-0.05, 0) is 42.0 Å². The molecule has 4 rings (SSSR count). The standard InChI is InChI=1S/C22H16Cl2F3N5O2/c23-16-4-5-20(18(24)9-16)34-13-31-7-6-19(30-31)21(33)29-17-10-28-32(12-17)11-14-2-1-3-15(8-14)22(25,26)27/h1-10,12H,11,13H2,(H,29,33). The summed E-state index contributed by atoms with van der Waals surface area (Å²) in [4.78, 5) is 12.5. The second-order valence-electron chi connectivity index (χ2n) is 7.17. The van der Waals surface area contributed by atoms with Gasteiger partial charge in [0.25, 0.3) is 5.91 Å². The lowest BCUT2D eigenvalue weighted by molar-refractivity contribution is -0.137. The van der Waals surface area contributed by atoms with Gasteiger partial charge in [0.05, 0.1) is 29.0 Å². The molecular weight excluding hydrogens is 494 g/mol. The molecule has 0 unspecified atom stereocenters. The van der Waals surface area contributed by atoms with Crippen molar-refractivity contribution in [2.24, 2.45) is 0 Å². The van der Waals surface area contributed by atoms with E-state index in [1.165, 1.54) is 33.9 Å². The van der Waals surface area contributed by atoms with Gasteiger partial charge in [-0.25, -0.2) is 4.68 Å². The Hall–Kier alpha value is -3.50. The van der Waals surface area contributed by atoms with E-state index in [4.69, 9.17) is 27.9 Å². The van der Waals surface area contributed by atoms with Gasteiger partial charge in [0.15, 0.2) is 12.4 Å². The molecule has 2 aromatic carbocycles. The first kappa shape index (κ1) is 23.7. The maximum absolute atomic E-state index is 12.9. The monoisotopic (exact) mass is 509 g/mol. The number of carbonyl (C=O) groups is 1. The first-order valence-corrected chi connectivity index (χ1v) is 10.5. The predicted molar refractivity (Wildman–Crippen MR) is 120 cm³/mol. The summed E-state index contributed by atoms with van der Waals surface area (Å²) in [5.74, 6) is -0.0670. The highest BCUT2D eigenvalue weighted by Gasteiger charge is 2.30. The number of ether oxygens (including phenoxy) is 1. The van der Waals surface area contributed by atoms with Crippen LogP contribution in [0.15, 0.2) is 67.1 Å². The first-order valence-electron chi connectivity index (χ1n) is 9.78. The topological polar surface area (TPSA) is 74.0 Å². The number of anilines is 1. The molecule has 34 heavy (non-hydrogen) atoms. The van der Waals surface area contributed by atoms with Gasteiger partial charge in [0.2, 0.25) is 0 Å². The van der Waals surface area contributed by atoms with Crippen LogP contribution in [0.1, 0.15) is 21.6 Å². The molecule has 0 aliphatic carbocycles. The summed E-state index contributed by atoms with van der Waals surface area (Å²) >= 11 is 11.9. The van der Waals surface area contributed by atoms with Gasteiger partial charge in [-0.3, -0.25) is 9.48 Å². The van der Waals surface area contributed by atoms with E-state index in [9.17, 15) is 18.0 Å². The third-order valence-electron chi connectivity index (χ3n) is 4.61. The summed E-state index contributed by atoms with van der Waals surface area (Å²) in [6, 6.07) is 11.3. The largest absolute Gasteiger partial charge is 0.470 e. The number of alkyl halides is 3. The fourth-order valence-corrected chi connectivity index (χ4v) is 3.49. The molecule has 0 fully saturated rings. The van der Waals surface area contributed by atoms with E-state index in [2.05, 4.69) is 15.5 Å². The molecule has 0 saturated carbocycles. The predicted octanol–water partition coefficient (Wildman–Crippen LogP) is 5.74. The van der Waals surface area contributed by atoms with Gasteiger partial charge in [0.1, 0.15) is 5.75 Å². The van der Waals surface area contributed by atoms with Crippen LogP contribution in [0.25, 0.3) is 0 Å². The number of halogens is 5. The molecule has 4 aromatic rings. The molecule has 1 N–H and O–H groups in total. The van der Waals surface area contributed by atoms with Crippen molar-refractivity contribution in [2.45, 2.75) is 19.5 Å². The fourth-order valence-electron chi connectivity index (χ4n) is 3.03. The van der Waals surface area contributed by atoms with Crippen LogP contribution in [0, 0.1) is 0 Å². The Kier molecular flexibility index (Phi) is 6.80. The van der Waals surface area contributed by atoms with Gasteiger partial charge in [0, 0.05) is 17.4 Å². The number of rotatable bonds is 7. The zero-order valence-corrected chi connectivity index (χ0v) is 18.8. The van der Waals surface area contributed by atoms with E-state index >= 15 is 0 Å². The lowest BCUT2D eigenvalue weighted by Gasteiger charge is -2.08. The van der Waals surface area contributed by atoms with Crippen LogP contribution in [0.2, 0.25) is 10.0 Å². The zero-order chi connectivity index (χ0) is 24.3. The average molecular weight is 510 g/mol. The summed E-state index contributed by atoms with van der Waals surface area (Å²) in [5.41, 5.74) is 0.200. The van der Waals surface area contributed by atoms with Crippen molar-refractivity contribution in [1.29, 1.82) is 0 Å². The van der Waals surface area contributed by atoms with E-state index in [0.29, 0.717) is 27.0 Å². The molecule has 12 heteroatoms. The van der Waals surface area contributed by atoms with Crippen molar-refractivity contribution in [1.82, 2.24) is 19.6 Å². The highest BCUT2D eigenvalue weighted by atomic mass is 35.5. The fraction of sp³-hybridized carbons (Fsp3) is 0.136. The van der Waals surface area contributed by atoms with Crippen LogP contribution < -0.4 is 10.1 Å². The number of nitrogens with one attached hydrogen (secondary N) is 1. The van der Waals surface area contributed by atoms with Crippen molar-refractivity contribution < 1.29 is 22.7 Å². The molecule has 0 aliphatic rings. The van der Waals surface area contributed by atoms with Crippen LogP contribution in [0.4, 0.5) is 18.9 Å². The van der Waals surface area contributed by atoms with Gasteiger partial charge in [-0.15, -0.1) is 0 Å². The van der Waals surface area contributed by atoms with Crippen molar-refractivity contribution >= 4 is 34.8 Å². The molecule has 0 radical (unpaired) electrons. The van der Waals surface area contributed by atoms with E-state index in [-0.39, 0.29) is 19.0 Å². The highest BCUT2D eigenvalue weighted by molar-refractivity contribution is 6.35. The smallest absolute Gasteiger partial charge is 0.416 e. The third-order valence-corrected chi connectivity index (χ3v) is 5.14. The number of hydrogen-bond acceptors (Lipinski definition) is 4. The molecule has 0 aliphatic heterocycles. The number of benzene rings is 2. The Morgan fingerprint density at radius 2 is 1.91 bits per heavy atom. The Morgan fingerprint density at radius 3 is 2.68 bits per heavy atom. The third kappa shape index (κ3) is 5.89. The second kappa shape index (κ2) is 9.78. The molecule has 2 heterocycles.